The predicted molar refractivity (Wildman–Crippen MR) is 73.8 cm³/mol. The van der Waals surface area contributed by atoms with E-state index in [1.165, 1.54) is 25.5 Å². The smallest absolute Gasteiger partial charge is 0.352 e. The molecule has 4 nitrogen and oxygen atoms in total. The van der Waals surface area contributed by atoms with Crippen molar-refractivity contribution in [2.24, 2.45) is 17.8 Å². The molecule has 1 amide bonds. The zero-order chi connectivity index (χ0) is 15.9. The van der Waals surface area contributed by atoms with E-state index < -0.39 is 11.9 Å². The highest BCUT2D eigenvalue weighted by Gasteiger charge is 2.42. The number of nitrogens with one attached hydrogen (secondary N) is 1. The van der Waals surface area contributed by atoms with Gasteiger partial charge >= 0.3 is 6.18 Å². The zero-order valence-corrected chi connectivity index (χ0v) is 12.4. The molecule has 1 aromatic rings. The van der Waals surface area contributed by atoms with Crippen LogP contribution in [-0.4, -0.2) is 21.7 Å². The van der Waals surface area contributed by atoms with Gasteiger partial charge < -0.3 is 5.32 Å². The number of carbonyl (C=O) groups excluding carboxylic acids is 1. The van der Waals surface area contributed by atoms with Crippen LogP contribution in [0.3, 0.4) is 0 Å². The molecule has 1 aromatic heterocycles. The predicted octanol–water partition coefficient (Wildman–Crippen LogP) is 2.84. The van der Waals surface area contributed by atoms with Crippen molar-refractivity contribution >= 4 is 5.91 Å². The fraction of sp³-hybridized carbons (Fsp3) is 0.733. The van der Waals surface area contributed by atoms with Crippen molar-refractivity contribution in [3.05, 3.63) is 18.0 Å². The van der Waals surface area contributed by atoms with E-state index >= 15 is 0 Å². The third-order valence-corrected chi connectivity index (χ3v) is 5.06. The minimum atomic E-state index is -4.47. The summed E-state index contributed by atoms with van der Waals surface area (Å²) in [6.07, 6.45) is 1.67. The van der Waals surface area contributed by atoms with E-state index in [0.717, 1.165) is 23.1 Å². The van der Waals surface area contributed by atoms with Crippen molar-refractivity contribution < 1.29 is 18.0 Å². The molecule has 0 radical (unpaired) electrons. The van der Waals surface area contributed by atoms with Crippen molar-refractivity contribution in [2.75, 3.05) is 0 Å². The lowest BCUT2D eigenvalue weighted by Crippen LogP contribution is -2.41. The monoisotopic (exact) mass is 315 g/mol. The van der Waals surface area contributed by atoms with Gasteiger partial charge in [-0.2, -0.15) is 18.3 Å². The van der Waals surface area contributed by atoms with Crippen molar-refractivity contribution in [1.82, 2.24) is 15.1 Å². The minimum Gasteiger partial charge on any atom is -0.352 e. The summed E-state index contributed by atoms with van der Waals surface area (Å²) < 4.78 is 38.4. The molecule has 2 fully saturated rings. The van der Waals surface area contributed by atoms with E-state index in [0.29, 0.717) is 11.8 Å². The molecule has 0 aromatic carbocycles. The molecule has 0 spiro atoms. The van der Waals surface area contributed by atoms with Crippen LogP contribution in [0.15, 0.2) is 12.3 Å². The molecule has 1 N–H and O–H groups in total. The summed E-state index contributed by atoms with van der Waals surface area (Å²) in [5.41, 5.74) is -0.971. The highest BCUT2D eigenvalue weighted by molar-refractivity contribution is 5.75. The summed E-state index contributed by atoms with van der Waals surface area (Å²) in [7, 11) is 0. The number of alkyl halides is 3. The molecule has 0 unspecified atom stereocenters. The fourth-order valence-electron chi connectivity index (χ4n) is 4.06. The second-order valence-corrected chi connectivity index (χ2v) is 6.59. The number of aromatic nitrogens is 2. The Morgan fingerprint density at radius 1 is 1.45 bits per heavy atom. The van der Waals surface area contributed by atoms with Crippen LogP contribution in [0.4, 0.5) is 13.2 Å². The maximum Gasteiger partial charge on any atom is 0.435 e. The highest BCUT2D eigenvalue weighted by atomic mass is 19.4. The van der Waals surface area contributed by atoms with Crippen LogP contribution in [-0.2, 0) is 17.5 Å². The SMILES string of the molecule is C[C@H](NC(=O)Cn1ccc(C(F)(F)F)n1)[C@H]1C[C@@H]2CC[C@@H]1C2. The lowest BCUT2D eigenvalue weighted by molar-refractivity contribution is -0.141. The van der Waals surface area contributed by atoms with Gasteiger partial charge in [-0.15, -0.1) is 0 Å². The highest BCUT2D eigenvalue weighted by Crippen LogP contribution is 2.49. The second-order valence-electron chi connectivity index (χ2n) is 6.59. The average Bonchev–Trinajstić information content (AvgIpc) is 3.12. The first-order valence-electron chi connectivity index (χ1n) is 7.73. The fourth-order valence-corrected chi connectivity index (χ4v) is 4.06. The normalized spacial score (nSPS) is 28.8. The van der Waals surface area contributed by atoms with Crippen LogP contribution in [0.25, 0.3) is 0 Å². The van der Waals surface area contributed by atoms with Gasteiger partial charge in [0.2, 0.25) is 5.91 Å². The summed E-state index contributed by atoms with van der Waals surface area (Å²) >= 11 is 0. The molecule has 2 bridgehead atoms. The molecule has 4 atom stereocenters. The summed E-state index contributed by atoms with van der Waals surface area (Å²) in [4.78, 5) is 12.0. The Bertz CT molecular complexity index is 554. The van der Waals surface area contributed by atoms with Crippen LogP contribution in [0, 0.1) is 17.8 Å². The van der Waals surface area contributed by atoms with E-state index in [4.69, 9.17) is 0 Å². The number of nitrogens with zero attached hydrogens (tertiary/aromatic N) is 2. The maximum atomic E-state index is 12.5. The van der Waals surface area contributed by atoms with Gasteiger partial charge in [0.1, 0.15) is 6.54 Å². The quantitative estimate of drug-likeness (QED) is 0.929. The third-order valence-electron chi connectivity index (χ3n) is 5.06. The molecular weight excluding hydrogens is 295 g/mol. The van der Waals surface area contributed by atoms with Crippen LogP contribution in [0.5, 0.6) is 0 Å². The number of hydrogen-bond acceptors (Lipinski definition) is 2. The van der Waals surface area contributed by atoms with Gasteiger partial charge in [-0.05, 0) is 50.0 Å². The standard InChI is InChI=1S/C15H20F3N3O/c1-9(12-7-10-2-3-11(12)6-10)19-14(22)8-21-5-4-13(20-21)15(16,17)18/h4-5,9-12H,2-3,6-8H2,1H3,(H,19,22)/t9-,10+,11+,12+/m0/s1. The first-order valence-corrected chi connectivity index (χ1v) is 7.73. The number of fused-ring (bicyclic) bond motifs is 2. The largest absolute Gasteiger partial charge is 0.435 e. The van der Waals surface area contributed by atoms with Crippen LogP contribution >= 0.6 is 0 Å². The van der Waals surface area contributed by atoms with Crippen molar-refractivity contribution in [3.8, 4) is 0 Å². The summed E-state index contributed by atoms with van der Waals surface area (Å²) in [5, 5.41) is 6.32. The Hall–Kier alpha value is -1.53. The molecule has 2 aliphatic carbocycles. The Morgan fingerprint density at radius 3 is 2.77 bits per heavy atom. The first-order chi connectivity index (χ1) is 10.3. The van der Waals surface area contributed by atoms with E-state index in [2.05, 4.69) is 10.4 Å². The van der Waals surface area contributed by atoms with Crippen molar-refractivity contribution in [1.29, 1.82) is 0 Å². The number of amides is 1. The van der Waals surface area contributed by atoms with E-state index in [9.17, 15) is 18.0 Å². The molecule has 3 rings (SSSR count). The van der Waals surface area contributed by atoms with Crippen LogP contribution in [0.2, 0.25) is 0 Å². The Balaban J connectivity index is 1.53. The number of hydrogen-bond donors (Lipinski definition) is 1. The van der Waals surface area contributed by atoms with Crippen molar-refractivity contribution in [3.63, 3.8) is 0 Å². The molecule has 1 heterocycles. The van der Waals surface area contributed by atoms with Gasteiger partial charge in [0.15, 0.2) is 5.69 Å². The van der Waals surface area contributed by atoms with Gasteiger partial charge in [-0.1, -0.05) is 6.42 Å². The number of carbonyl (C=O) groups is 1. The minimum absolute atomic E-state index is 0.0699. The average molecular weight is 315 g/mol. The molecular formula is C15H20F3N3O. The molecule has 2 aliphatic rings. The molecule has 22 heavy (non-hydrogen) atoms. The molecule has 0 saturated heterocycles. The number of rotatable bonds is 4. The van der Waals surface area contributed by atoms with Crippen molar-refractivity contribution in [2.45, 2.75) is 51.4 Å². The molecule has 7 heteroatoms. The van der Waals surface area contributed by atoms with Gasteiger partial charge in [-0.3, -0.25) is 9.48 Å². The first kappa shape index (κ1) is 15.4. The second kappa shape index (κ2) is 5.59. The lowest BCUT2D eigenvalue weighted by atomic mass is 9.84. The molecule has 0 aliphatic heterocycles. The van der Waals surface area contributed by atoms with Gasteiger partial charge in [0, 0.05) is 12.2 Å². The Kier molecular flexibility index (Phi) is 3.91. The molecule has 2 saturated carbocycles. The van der Waals surface area contributed by atoms with E-state index in [1.807, 2.05) is 6.92 Å². The van der Waals surface area contributed by atoms with Crippen LogP contribution < -0.4 is 5.32 Å². The van der Waals surface area contributed by atoms with Gasteiger partial charge in [0.25, 0.3) is 0 Å². The Morgan fingerprint density at radius 2 is 2.23 bits per heavy atom. The summed E-state index contributed by atoms with van der Waals surface area (Å²) in [6, 6.07) is 0.951. The zero-order valence-electron chi connectivity index (χ0n) is 12.4. The van der Waals surface area contributed by atoms with E-state index in [-0.39, 0.29) is 18.5 Å². The van der Waals surface area contributed by atoms with Gasteiger partial charge in [0.05, 0.1) is 0 Å². The van der Waals surface area contributed by atoms with E-state index in [1.54, 1.807) is 0 Å². The Labute approximate surface area is 127 Å². The topological polar surface area (TPSA) is 46.9 Å². The molecule has 122 valence electrons. The maximum absolute atomic E-state index is 12.5. The lowest BCUT2D eigenvalue weighted by Gasteiger charge is -2.28. The summed E-state index contributed by atoms with van der Waals surface area (Å²) in [6.45, 7) is 1.81. The third kappa shape index (κ3) is 3.13. The number of halogens is 3. The van der Waals surface area contributed by atoms with Crippen LogP contribution in [0.1, 0.15) is 38.3 Å². The summed E-state index contributed by atoms with van der Waals surface area (Å²) in [5.74, 6) is 1.72. The van der Waals surface area contributed by atoms with Gasteiger partial charge in [-0.25, -0.2) is 0 Å².